The molecule has 2 aromatic rings. The standard InChI is InChI=1S/C15H19ClN4/c1-4-6-13-19-14(16)11(3)15(20-13)17-9-12-8-5-7-10(2)18-12/h5,7-8H,4,6,9H2,1-3H3,(H,17,19,20). The Kier molecular flexibility index (Phi) is 4.90. The van der Waals surface area contributed by atoms with Crippen LogP contribution in [-0.2, 0) is 13.0 Å². The second-order valence-electron chi connectivity index (χ2n) is 4.78. The Labute approximate surface area is 124 Å². The van der Waals surface area contributed by atoms with Gasteiger partial charge in [-0.3, -0.25) is 4.98 Å². The van der Waals surface area contributed by atoms with E-state index in [4.69, 9.17) is 11.6 Å². The largest absolute Gasteiger partial charge is 0.364 e. The SMILES string of the molecule is CCCc1nc(Cl)c(C)c(NCc2cccc(C)n2)n1. The molecule has 0 bridgehead atoms. The highest BCUT2D eigenvalue weighted by molar-refractivity contribution is 6.30. The molecule has 2 rings (SSSR count). The van der Waals surface area contributed by atoms with Gasteiger partial charge in [0.05, 0.1) is 12.2 Å². The van der Waals surface area contributed by atoms with E-state index < -0.39 is 0 Å². The smallest absolute Gasteiger partial charge is 0.137 e. The van der Waals surface area contributed by atoms with E-state index in [1.165, 1.54) is 0 Å². The summed E-state index contributed by atoms with van der Waals surface area (Å²) < 4.78 is 0. The molecule has 0 atom stereocenters. The first kappa shape index (κ1) is 14.7. The van der Waals surface area contributed by atoms with Crippen LogP contribution in [0.5, 0.6) is 0 Å². The van der Waals surface area contributed by atoms with Gasteiger partial charge in [0.2, 0.25) is 0 Å². The number of hydrogen-bond acceptors (Lipinski definition) is 4. The van der Waals surface area contributed by atoms with Gasteiger partial charge < -0.3 is 5.32 Å². The normalized spacial score (nSPS) is 10.6. The molecule has 0 aliphatic carbocycles. The number of nitrogens with one attached hydrogen (secondary N) is 1. The molecule has 5 heteroatoms. The monoisotopic (exact) mass is 290 g/mol. The summed E-state index contributed by atoms with van der Waals surface area (Å²) in [7, 11) is 0. The summed E-state index contributed by atoms with van der Waals surface area (Å²) in [5, 5.41) is 3.81. The predicted octanol–water partition coefficient (Wildman–Crippen LogP) is 3.71. The molecule has 0 fully saturated rings. The fraction of sp³-hybridized carbons (Fsp3) is 0.400. The van der Waals surface area contributed by atoms with Gasteiger partial charge in [0.15, 0.2) is 0 Å². The zero-order valence-electron chi connectivity index (χ0n) is 12.1. The molecule has 0 unspecified atom stereocenters. The lowest BCUT2D eigenvalue weighted by Gasteiger charge is -2.11. The molecule has 0 aliphatic heterocycles. The van der Waals surface area contributed by atoms with Crippen LogP contribution < -0.4 is 5.32 Å². The highest BCUT2D eigenvalue weighted by atomic mass is 35.5. The summed E-state index contributed by atoms with van der Waals surface area (Å²) in [6.07, 6.45) is 1.83. The summed E-state index contributed by atoms with van der Waals surface area (Å²) in [5.41, 5.74) is 2.86. The van der Waals surface area contributed by atoms with E-state index in [1.807, 2.05) is 32.0 Å². The Morgan fingerprint density at radius 3 is 2.65 bits per heavy atom. The van der Waals surface area contributed by atoms with E-state index in [9.17, 15) is 0 Å². The summed E-state index contributed by atoms with van der Waals surface area (Å²) in [5.74, 6) is 1.57. The van der Waals surface area contributed by atoms with Gasteiger partial charge in [0.1, 0.15) is 16.8 Å². The van der Waals surface area contributed by atoms with Crippen LogP contribution in [0.3, 0.4) is 0 Å². The zero-order valence-corrected chi connectivity index (χ0v) is 12.8. The highest BCUT2D eigenvalue weighted by Gasteiger charge is 2.09. The van der Waals surface area contributed by atoms with Crippen LogP contribution in [-0.4, -0.2) is 15.0 Å². The third kappa shape index (κ3) is 3.67. The maximum atomic E-state index is 6.15. The molecule has 4 nitrogen and oxygen atoms in total. The van der Waals surface area contributed by atoms with Crippen molar-refractivity contribution in [3.05, 3.63) is 46.1 Å². The Hall–Kier alpha value is -1.68. The molecule has 0 aliphatic rings. The van der Waals surface area contributed by atoms with Crippen LogP contribution in [0.4, 0.5) is 5.82 Å². The summed E-state index contributed by atoms with van der Waals surface area (Å²) in [4.78, 5) is 13.3. The third-order valence-corrected chi connectivity index (χ3v) is 3.36. The van der Waals surface area contributed by atoms with Crippen molar-refractivity contribution in [1.29, 1.82) is 0 Å². The molecule has 0 spiro atoms. The minimum atomic E-state index is 0.517. The van der Waals surface area contributed by atoms with E-state index in [0.717, 1.165) is 41.4 Å². The lowest BCUT2D eigenvalue weighted by Crippen LogP contribution is -2.08. The van der Waals surface area contributed by atoms with Crippen LogP contribution in [0.2, 0.25) is 5.15 Å². The van der Waals surface area contributed by atoms with E-state index in [0.29, 0.717) is 11.7 Å². The van der Waals surface area contributed by atoms with Gasteiger partial charge in [0.25, 0.3) is 0 Å². The first-order valence-electron chi connectivity index (χ1n) is 6.79. The van der Waals surface area contributed by atoms with Gasteiger partial charge in [-0.15, -0.1) is 0 Å². The minimum Gasteiger partial charge on any atom is -0.364 e. The molecule has 0 amide bonds. The molecule has 2 aromatic heterocycles. The number of anilines is 1. The van der Waals surface area contributed by atoms with Crippen molar-refractivity contribution in [2.24, 2.45) is 0 Å². The van der Waals surface area contributed by atoms with Crippen LogP contribution in [0.1, 0.15) is 36.1 Å². The van der Waals surface area contributed by atoms with Crippen molar-refractivity contribution in [1.82, 2.24) is 15.0 Å². The van der Waals surface area contributed by atoms with Gasteiger partial charge in [-0.05, 0) is 32.4 Å². The molecular formula is C15H19ClN4. The van der Waals surface area contributed by atoms with Gasteiger partial charge >= 0.3 is 0 Å². The maximum Gasteiger partial charge on any atom is 0.137 e. The molecule has 0 saturated carbocycles. The summed E-state index contributed by atoms with van der Waals surface area (Å²) >= 11 is 6.15. The summed E-state index contributed by atoms with van der Waals surface area (Å²) in [6.45, 7) is 6.63. The number of nitrogens with zero attached hydrogens (tertiary/aromatic N) is 3. The number of aromatic nitrogens is 3. The van der Waals surface area contributed by atoms with E-state index in [2.05, 4.69) is 27.2 Å². The van der Waals surface area contributed by atoms with E-state index in [-0.39, 0.29) is 0 Å². The molecule has 106 valence electrons. The number of pyridine rings is 1. The van der Waals surface area contributed by atoms with Crippen LogP contribution in [0.15, 0.2) is 18.2 Å². The lowest BCUT2D eigenvalue weighted by atomic mass is 10.2. The Balaban J connectivity index is 2.16. The van der Waals surface area contributed by atoms with Gasteiger partial charge in [0, 0.05) is 17.7 Å². The Morgan fingerprint density at radius 1 is 1.15 bits per heavy atom. The molecule has 20 heavy (non-hydrogen) atoms. The van der Waals surface area contributed by atoms with Crippen molar-refractivity contribution < 1.29 is 0 Å². The van der Waals surface area contributed by atoms with Crippen LogP contribution in [0, 0.1) is 13.8 Å². The van der Waals surface area contributed by atoms with Crippen LogP contribution >= 0.6 is 11.6 Å². The highest BCUT2D eigenvalue weighted by Crippen LogP contribution is 2.20. The quantitative estimate of drug-likeness (QED) is 0.853. The third-order valence-electron chi connectivity index (χ3n) is 2.99. The minimum absolute atomic E-state index is 0.517. The second kappa shape index (κ2) is 6.66. The van der Waals surface area contributed by atoms with Gasteiger partial charge in [-0.25, -0.2) is 9.97 Å². The zero-order chi connectivity index (χ0) is 14.5. The van der Waals surface area contributed by atoms with Crippen LogP contribution in [0.25, 0.3) is 0 Å². The number of hydrogen-bond donors (Lipinski definition) is 1. The Bertz CT molecular complexity index is 598. The van der Waals surface area contributed by atoms with E-state index >= 15 is 0 Å². The average Bonchev–Trinajstić information content (AvgIpc) is 2.41. The topological polar surface area (TPSA) is 50.7 Å². The first-order valence-corrected chi connectivity index (χ1v) is 7.17. The van der Waals surface area contributed by atoms with Gasteiger partial charge in [-0.2, -0.15) is 0 Å². The van der Waals surface area contributed by atoms with Gasteiger partial charge in [-0.1, -0.05) is 24.6 Å². The maximum absolute atomic E-state index is 6.15. The van der Waals surface area contributed by atoms with E-state index in [1.54, 1.807) is 0 Å². The molecular weight excluding hydrogens is 272 g/mol. The van der Waals surface area contributed by atoms with Crippen molar-refractivity contribution in [2.75, 3.05) is 5.32 Å². The Morgan fingerprint density at radius 2 is 1.95 bits per heavy atom. The first-order chi connectivity index (χ1) is 9.60. The summed E-state index contributed by atoms with van der Waals surface area (Å²) in [6, 6.07) is 5.97. The van der Waals surface area contributed by atoms with Crippen molar-refractivity contribution in [3.63, 3.8) is 0 Å². The lowest BCUT2D eigenvalue weighted by molar-refractivity contribution is 0.829. The van der Waals surface area contributed by atoms with Crippen molar-refractivity contribution in [2.45, 2.75) is 40.2 Å². The van der Waals surface area contributed by atoms with Crippen molar-refractivity contribution in [3.8, 4) is 0 Å². The number of aryl methyl sites for hydroxylation is 2. The predicted molar refractivity (Wildman–Crippen MR) is 82.1 cm³/mol. The molecule has 0 saturated heterocycles. The molecule has 2 heterocycles. The van der Waals surface area contributed by atoms with Crippen molar-refractivity contribution >= 4 is 17.4 Å². The fourth-order valence-electron chi connectivity index (χ4n) is 1.91. The molecule has 0 aromatic carbocycles. The number of rotatable bonds is 5. The molecule has 0 radical (unpaired) electrons. The second-order valence-corrected chi connectivity index (χ2v) is 5.14. The number of halogens is 1. The average molecular weight is 291 g/mol. The fourth-order valence-corrected chi connectivity index (χ4v) is 2.10. The molecule has 1 N–H and O–H groups in total.